The first-order chi connectivity index (χ1) is 13.7. The number of nitrogens with zero attached hydrogens (tertiary/aromatic N) is 2. The average Bonchev–Trinajstić information content (AvgIpc) is 2.90. The lowest BCUT2D eigenvalue weighted by molar-refractivity contribution is -0.126. The molecule has 1 saturated heterocycles. The average molecular weight is 388 g/mol. The van der Waals surface area contributed by atoms with Gasteiger partial charge >= 0.3 is 0 Å². The van der Waals surface area contributed by atoms with E-state index in [4.69, 9.17) is 4.74 Å². The van der Waals surface area contributed by atoms with E-state index in [1.165, 1.54) is 18.4 Å². The largest absolute Gasteiger partial charge is 0.489 e. The first kappa shape index (κ1) is 21.1. The molecule has 1 N–H and O–H groups in total. The van der Waals surface area contributed by atoms with Crippen LogP contribution in [0.25, 0.3) is 0 Å². The van der Waals surface area contributed by atoms with Crippen molar-refractivity contribution >= 4 is 5.91 Å². The Balaban J connectivity index is 1.49. The van der Waals surface area contributed by atoms with Gasteiger partial charge in [-0.1, -0.05) is 38.5 Å². The van der Waals surface area contributed by atoms with Gasteiger partial charge in [0.2, 0.25) is 5.91 Å². The highest BCUT2D eigenvalue weighted by atomic mass is 16.5. The Morgan fingerprint density at radius 2 is 1.96 bits per heavy atom. The Kier molecular flexibility index (Phi) is 8.16. The summed E-state index contributed by atoms with van der Waals surface area (Å²) in [5, 5.41) is 3.19. The molecule has 0 saturated carbocycles. The van der Waals surface area contributed by atoms with Crippen LogP contribution in [0.2, 0.25) is 0 Å². The number of benzene rings is 1. The van der Waals surface area contributed by atoms with Crippen molar-refractivity contribution < 1.29 is 9.53 Å². The highest BCUT2D eigenvalue weighted by Crippen LogP contribution is 2.26. The minimum absolute atomic E-state index is 0.188. The molecule has 0 aromatic heterocycles. The van der Waals surface area contributed by atoms with Gasteiger partial charge in [-0.25, -0.2) is 0 Å². The van der Waals surface area contributed by atoms with Gasteiger partial charge in [0.05, 0.1) is 0 Å². The lowest BCUT2D eigenvalue weighted by atomic mass is 9.96. The van der Waals surface area contributed by atoms with Crippen molar-refractivity contribution in [2.75, 3.05) is 39.3 Å². The molecule has 1 unspecified atom stereocenters. The molecular formula is C23H37N3O2. The number of nitrogens with one attached hydrogen (secondary N) is 1. The third kappa shape index (κ3) is 5.95. The van der Waals surface area contributed by atoms with Crippen LogP contribution in [0.15, 0.2) is 24.3 Å². The second-order valence-corrected chi connectivity index (χ2v) is 8.22. The summed E-state index contributed by atoms with van der Waals surface area (Å²) < 4.78 is 6.30. The molecule has 0 radical (unpaired) electrons. The van der Waals surface area contributed by atoms with Gasteiger partial charge in [0.15, 0.2) is 0 Å². The summed E-state index contributed by atoms with van der Waals surface area (Å²) in [6, 6.07) is 8.37. The quantitative estimate of drug-likeness (QED) is 0.743. The molecule has 1 fully saturated rings. The monoisotopic (exact) mass is 387 g/mol. The van der Waals surface area contributed by atoms with Crippen molar-refractivity contribution in [3.05, 3.63) is 29.8 Å². The molecule has 0 bridgehead atoms. The van der Waals surface area contributed by atoms with Gasteiger partial charge in [0.25, 0.3) is 0 Å². The normalized spacial score (nSPS) is 21.6. The topological polar surface area (TPSA) is 44.8 Å². The maximum atomic E-state index is 12.5. The number of rotatable bonds is 8. The van der Waals surface area contributed by atoms with Crippen LogP contribution in [0.1, 0.15) is 51.5 Å². The van der Waals surface area contributed by atoms with Crippen LogP contribution >= 0.6 is 0 Å². The zero-order chi connectivity index (χ0) is 19.8. The standard InChI is InChI=1S/C23H37N3O2/c1-3-5-9-21-18-26(17-20-8-6-7-10-22(20)28-21)16-13-24-23(27)19-11-14-25(4-2)15-12-19/h6-8,10,19,21H,3-5,9,11-18H2,1-2H3,(H,24,27). The van der Waals surface area contributed by atoms with Gasteiger partial charge in [0.1, 0.15) is 11.9 Å². The molecule has 5 heteroatoms. The number of fused-ring (bicyclic) bond motifs is 1. The van der Waals surface area contributed by atoms with E-state index in [-0.39, 0.29) is 17.9 Å². The summed E-state index contributed by atoms with van der Waals surface area (Å²) in [5.74, 6) is 1.45. The van der Waals surface area contributed by atoms with Crippen molar-refractivity contribution in [3.63, 3.8) is 0 Å². The smallest absolute Gasteiger partial charge is 0.223 e. The van der Waals surface area contributed by atoms with Crippen LogP contribution in [0.3, 0.4) is 0 Å². The molecule has 3 rings (SSSR count). The van der Waals surface area contributed by atoms with Gasteiger partial charge in [-0.05, 0) is 51.4 Å². The van der Waals surface area contributed by atoms with Crippen LogP contribution in [0.4, 0.5) is 0 Å². The van der Waals surface area contributed by atoms with E-state index >= 15 is 0 Å². The second-order valence-electron chi connectivity index (χ2n) is 8.22. The lowest BCUT2D eigenvalue weighted by Crippen LogP contribution is -2.43. The number of ether oxygens (including phenoxy) is 1. The zero-order valence-electron chi connectivity index (χ0n) is 17.7. The summed E-state index contributed by atoms with van der Waals surface area (Å²) in [5.41, 5.74) is 1.25. The van der Waals surface area contributed by atoms with E-state index in [1.807, 2.05) is 0 Å². The van der Waals surface area contributed by atoms with Gasteiger partial charge in [-0.2, -0.15) is 0 Å². The number of para-hydroxylation sites is 1. The van der Waals surface area contributed by atoms with Crippen LogP contribution in [0, 0.1) is 5.92 Å². The number of likely N-dealkylation sites (tertiary alicyclic amines) is 1. The van der Waals surface area contributed by atoms with E-state index in [9.17, 15) is 4.79 Å². The van der Waals surface area contributed by atoms with E-state index < -0.39 is 0 Å². The minimum atomic E-state index is 0.188. The maximum absolute atomic E-state index is 12.5. The second kappa shape index (κ2) is 10.8. The molecule has 28 heavy (non-hydrogen) atoms. The molecule has 2 heterocycles. The predicted octanol–water partition coefficient (Wildman–Crippen LogP) is 3.29. The van der Waals surface area contributed by atoms with E-state index in [1.54, 1.807) is 0 Å². The molecule has 1 atom stereocenters. The molecule has 2 aliphatic rings. The molecule has 1 amide bonds. The van der Waals surface area contributed by atoms with Gasteiger partial charge in [-0.15, -0.1) is 0 Å². The summed E-state index contributed by atoms with van der Waals surface area (Å²) in [6.45, 7) is 11.0. The molecule has 0 spiro atoms. The number of carbonyl (C=O) groups is 1. The number of amides is 1. The minimum Gasteiger partial charge on any atom is -0.489 e. The molecule has 156 valence electrons. The molecule has 5 nitrogen and oxygen atoms in total. The summed E-state index contributed by atoms with van der Waals surface area (Å²) in [4.78, 5) is 17.4. The van der Waals surface area contributed by atoms with Gasteiger partial charge in [-0.3, -0.25) is 9.69 Å². The van der Waals surface area contributed by atoms with Crippen molar-refractivity contribution in [1.29, 1.82) is 0 Å². The highest BCUT2D eigenvalue weighted by Gasteiger charge is 2.25. The van der Waals surface area contributed by atoms with E-state index in [2.05, 4.69) is 53.2 Å². The number of unbranched alkanes of at least 4 members (excludes halogenated alkanes) is 1. The van der Waals surface area contributed by atoms with Crippen molar-refractivity contribution in [2.45, 2.75) is 58.6 Å². The number of hydrogen-bond donors (Lipinski definition) is 1. The summed E-state index contributed by atoms with van der Waals surface area (Å²) in [7, 11) is 0. The number of carbonyl (C=O) groups excluding carboxylic acids is 1. The van der Waals surface area contributed by atoms with Crippen molar-refractivity contribution in [3.8, 4) is 5.75 Å². The fourth-order valence-corrected chi connectivity index (χ4v) is 4.30. The Hall–Kier alpha value is -1.59. The first-order valence-corrected chi connectivity index (χ1v) is 11.2. The van der Waals surface area contributed by atoms with E-state index in [0.717, 1.165) is 70.8 Å². The van der Waals surface area contributed by atoms with E-state index in [0.29, 0.717) is 0 Å². The summed E-state index contributed by atoms with van der Waals surface area (Å²) in [6.07, 6.45) is 5.68. The SMILES string of the molecule is CCCCC1CN(CCNC(=O)C2CCN(CC)CC2)Cc2ccccc2O1. The highest BCUT2D eigenvalue weighted by molar-refractivity contribution is 5.78. The Morgan fingerprint density at radius 3 is 2.71 bits per heavy atom. The summed E-state index contributed by atoms with van der Waals surface area (Å²) >= 11 is 0. The Morgan fingerprint density at radius 1 is 1.18 bits per heavy atom. The molecule has 0 aliphatic carbocycles. The van der Waals surface area contributed by atoms with Gasteiger partial charge < -0.3 is 15.0 Å². The fraction of sp³-hybridized carbons (Fsp3) is 0.696. The van der Waals surface area contributed by atoms with Crippen LogP contribution in [-0.4, -0.2) is 61.1 Å². The van der Waals surface area contributed by atoms with Crippen LogP contribution in [0.5, 0.6) is 5.75 Å². The molecule has 1 aromatic rings. The van der Waals surface area contributed by atoms with Gasteiger partial charge in [0, 0.05) is 37.7 Å². The fourth-order valence-electron chi connectivity index (χ4n) is 4.30. The molecular weight excluding hydrogens is 350 g/mol. The van der Waals surface area contributed by atoms with Crippen molar-refractivity contribution in [1.82, 2.24) is 15.1 Å². The third-order valence-electron chi connectivity index (χ3n) is 6.13. The Labute approximate surface area is 170 Å². The molecule has 2 aliphatic heterocycles. The molecule has 1 aromatic carbocycles. The third-order valence-corrected chi connectivity index (χ3v) is 6.13. The lowest BCUT2D eigenvalue weighted by Gasteiger charge is -2.30. The first-order valence-electron chi connectivity index (χ1n) is 11.2. The maximum Gasteiger partial charge on any atom is 0.223 e. The Bertz CT molecular complexity index is 614. The predicted molar refractivity (Wildman–Crippen MR) is 114 cm³/mol. The van der Waals surface area contributed by atoms with Crippen LogP contribution in [-0.2, 0) is 11.3 Å². The van der Waals surface area contributed by atoms with Crippen LogP contribution < -0.4 is 10.1 Å². The van der Waals surface area contributed by atoms with Crippen molar-refractivity contribution in [2.24, 2.45) is 5.92 Å². The number of hydrogen-bond acceptors (Lipinski definition) is 4. The number of piperidine rings is 1. The zero-order valence-corrected chi connectivity index (χ0v) is 17.7.